The normalized spacial score (nSPS) is 22.7. The molecule has 0 aromatic heterocycles. The topological polar surface area (TPSA) is 59.0 Å². The third-order valence-electron chi connectivity index (χ3n) is 3.63. The summed E-state index contributed by atoms with van der Waals surface area (Å²) >= 11 is 3.35. The highest BCUT2D eigenvalue weighted by Crippen LogP contribution is 2.32. The zero-order chi connectivity index (χ0) is 13.0. The van der Waals surface area contributed by atoms with Gasteiger partial charge in [0.05, 0.1) is 12.2 Å². The van der Waals surface area contributed by atoms with Crippen LogP contribution in [-0.4, -0.2) is 13.2 Å². The van der Waals surface area contributed by atoms with E-state index in [1.165, 1.54) is 19.3 Å². The van der Waals surface area contributed by atoms with Crippen LogP contribution in [0.4, 0.5) is 0 Å². The Kier molecular flexibility index (Phi) is 4.62. The van der Waals surface area contributed by atoms with Crippen LogP contribution in [0.3, 0.4) is 0 Å². The van der Waals surface area contributed by atoms with Gasteiger partial charge in [0.15, 0.2) is 0 Å². The van der Waals surface area contributed by atoms with Gasteiger partial charge in [0, 0.05) is 4.47 Å². The number of hydrogen-bond acceptors (Lipinski definition) is 3. The molecular formula is C14H17BrN2O. The second-order valence-corrected chi connectivity index (χ2v) is 5.67. The molecule has 1 aliphatic carbocycles. The van der Waals surface area contributed by atoms with Crippen LogP contribution in [0.25, 0.3) is 0 Å². The second kappa shape index (κ2) is 6.21. The van der Waals surface area contributed by atoms with Gasteiger partial charge >= 0.3 is 0 Å². The maximum atomic E-state index is 9.06. The first-order valence-electron chi connectivity index (χ1n) is 6.27. The van der Waals surface area contributed by atoms with Crippen molar-refractivity contribution in [2.24, 2.45) is 17.6 Å². The van der Waals surface area contributed by atoms with E-state index in [0.29, 0.717) is 29.8 Å². The van der Waals surface area contributed by atoms with Crippen molar-refractivity contribution in [1.82, 2.24) is 0 Å². The SMILES string of the molecule is N#Cc1cc(Br)ccc1OCC1CCCC1CN. The lowest BCUT2D eigenvalue weighted by Crippen LogP contribution is -2.23. The molecule has 0 saturated heterocycles. The Balaban J connectivity index is 2.00. The summed E-state index contributed by atoms with van der Waals surface area (Å²) in [6.45, 7) is 1.40. The molecule has 0 bridgehead atoms. The van der Waals surface area contributed by atoms with Crippen LogP contribution in [0.5, 0.6) is 5.75 Å². The molecule has 2 atom stereocenters. The van der Waals surface area contributed by atoms with Crippen LogP contribution in [0.15, 0.2) is 22.7 Å². The number of hydrogen-bond donors (Lipinski definition) is 1. The molecular weight excluding hydrogens is 292 g/mol. The Bertz CT molecular complexity index is 456. The predicted octanol–water partition coefficient (Wildman–Crippen LogP) is 3.07. The molecule has 2 unspecified atom stereocenters. The van der Waals surface area contributed by atoms with Crippen molar-refractivity contribution in [1.29, 1.82) is 5.26 Å². The quantitative estimate of drug-likeness (QED) is 0.930. The predicted molar refractivity (Wildman–Crippen MR) is 74.2 cm³/mol. The molecule has 1 saturated carbocycles. The maximum absolute atomic E-state index is 9.06. The molecule has 3 nitrogen and oxygen atoms in total. The first-order valence-corrected chi connectivity index (χ1v) is 7.06. The molecule has 1 aromatic rings. The highest BCUT2D eigenvalue weighted by atomic mass is 79.9. The van der Waals surface area contributed by atoms with Gasteiger partial charge in [-0.05, 0) is 49.4 Å². The summed E-state index contributed by atoms with van der Waals surface area (Å²) in [5.74, 6) is 1.78. The zero-order valence-corrected chi connectivity index (χ0v) is 11.8. The summed E-state index contributed by atoms with van der Waals surface area (Å²) in [5, 5.41) is 9.06. The molecule has 18 heavy (non-hydrogen) atoms. The minimum Gasteiger partial charge on any atom is -0.492 e. The molecule has 4 heteroatoms. The number of ether oxygens (including phenoxy) is 1. The summed E-state index contributed by atoms with van der Waals surface area (Å²) in [6.07, 6.45) is 3.62. The summed E-state index contributed by atoms with van der Waals surface area (Å²) in [7, 11) is 0. The highest BCUT2D eigenvalue weighted by molar-refractivity contribution is 9.10. The number of rotatable bonds is 4. The standard InChI is InChI=1S/C14H17BrN2O/c15-13-4-5-14(12(6-13)8-17)18-9-11-3-1-2-10(11)7-16/h4-6,10-11H,1-3,7,9,16H2. The van der Waals surface area contributed by atoms with E-state index >= 15 is 0 Å². The number of halogens is 1. The number of nitrogens with zero attached hydrogens (tertiary/aromatic N) is 1. The Labute approximate surface area is 116 Å². The van der Waals surface area contributed by atoms with Crippen molar-refractivity contribution in [2.45, 2.75) is 19.3 Å². The monoisotopic (exact) mass is 308 g/mol. The largest absolute Gasteiger partial charge is 0.492 e. The van der Waals surface area contributed by atoms with Gasteiger partial charge in [0.2, 0.25) is 0 Å². The van der Waals surface area contributed by atoms with Gasteiger partial charge in [-0.25, -0.2) is 0 Å². The van der Waals surface area contributed by atoms with E-state index in [-0.39, 0.29) is 0 Å². The molecule has 2 rings (SSSR count). The maximum Gasteiger partial charge on any atom is 0.137 e. The first-order chi connectivity index (χ1) is 8.74. The molecule has 1 aromatic carbocycles. The Hall–Kier alpha value is -1.05. The van der Waals surface area contributed by atoms with Crippen LogP contribution in [-0.2, 0) is 0 Å². The molecule has 0 aliphatic heterocycles. The fraction of sp³-hybridized carbons (Fsp3) is 0.500. The summed E-state index contributed by atoms with van der Waals surface area (Å²) in [5.41, 5.74) is 6.33. The van der Waals surface area contributed by atoms with E-state index in [4.69, 9.17) is 15.7 Å². The van der Waals surface area contributed by atoms with Crippen molar-refractivity contribution < 1.29 is 4.74 Å². The number of nitriles is 1. The van der Waals surface area contributed by atoms with Crippen LogP contribution in [0.2, 0.25) is 0 Å². The van der Waals surface area contributed by atoms with Crippen LogP contribution in [0, 0.1) is 23.2 Å². The van der Waals surface area contributed by atoms with Gasteiger partial charge in [-0.2, -0.15) is 5.26 Å². The molecule has 1 fully saturated rings. The average molecular weight is 309 g/mol. The lowest BCUT2D eigenvalue weighted by molar-refractivity contribution is 0.216. The van der Waals surface area contributed by atoms with Crippen molar-refractivity contribution in [3.8, 4) is 11.8 Å². The van der Waals surface area contributed by atoms with E-state index in [0.717, 1.165) is 11.0 Å². The lowest BCUT2D eigenvalue weighted by atomic mass is 9.97. The third-order valence-corrected chi connectivity index (χ3v) is 4.13. The van der Waals surface area contributed by atoms with E-state index in [1.807, 2.05) is 12.1 Å². The Morgan fingerprint density at radius 3 is 2.89 bits per heavy atom. The minimum absolute atomic E-state index is 0.533. The molecule has 0 spiro atoms. The van der Waals surface area contributed by atoms with E-state index in [9.17, 15) is 0 Å². The van der Waals surface area contributed by atoms with Gasteiger partial charge in [0.25, 0.3) is 0 Å². The smallest absolute Gasteiger partial charge is 0.137 e. The van der Waals surface area contributed by atoms with Gasteiger partial charge in [-0.15, -0.1) is 0 Å². The van der Waals surface area contributed by atoms with Gasteiger partial charge in [-0.3, -0.25) is 0 Å². The van der Waals surface area contributed by atoms with Gasteiger partial charge in [-0.1, -0.05) is 22.4 Å². The van der Waals surface area contributed by atoms with E-state index in [1.54, 1.807) is 6.07 Å². The van der Waals surface area contributed by atoms with Crippen molar-refractivity contribution in [3.63, 3.8) is 0 Å². The summed E-state index contributed by atoms with van der Waals surface area (Å²) in [6, 6.07) is 7.68. The zero-order valence-electron chi connectivity index (χ0n) is 10.2. The van der Waals surface area contributed by atoms with Crippen LogP contribution >= 0.6 is 15.9 Å². The highest BCUT2D eigenvalue weighted by Gasteiger charge is 2.26. The number of nitrogens with two attached hydrogens (primary N) is 1. The lowest BCUT2D eigenvalue weighted by Gasteiger charge is -2.18. The summed E-state index contributed by atoms with van der Waals surface area (Å²) in [4.78, 5) is 0. The average Bonchev–Trinajstić information content (AvgIpc) is 2.84. The van der Waals surface area contributed by atoms with Crippen LogP contribution < -0.4 is 10.5 Å². The van der Waals surface area contributed by atoms with Crippen molar-refractivity contribution in [3.05, 3.63) is 28.2 Å². The fourth-order valence-electron chi connectivity index (χ4n) is 2.56. The molecule has 0 heterocycles. The first kappa shape index (κ1) is 13.4. The van der Waals surface area contributed by atoms with Crippen molar-refractivity contribution >= 4 is 15.9 Å². The Morgan fingerprint density at radius 2 is 2.17 bits per heavy atom. The van der Waals surface area contributed by atoms with Crippen molar-refractivity contribution in [2.75, 3.05) is 13.2 Å². The van der Waals surface area contributed by atoms with Gasteiger partial charge < -0.3 is 10.5 Å². The van der Waals surface area contributed by atoms with Gasteiger partial charge in [0.1, 0.15) is 11.8 Å². The fourth-order valence-corrected chi connectivity index (χ4v) is 2.92. The minimum atomic E-state index is 0.533. The third kappa shape index (κ3) is 3.04. The molecule has 0 radical (unpaired) electrons. The van der Waals surface area contributed by atoms with E-state index < -0.39 is 0 Å². The van der Waals surface area contributed by atoms with E-state index in [2.05, 4.69) is 22.0 Å². The molecule has 2 N–H and O–H groups in total. The summed E-state index contributed by atoms with van der Waals surface area (Å²) < 4.78 is 6.70. The molecule has 0 amide bonds. The molecule has 1 aliphatic rings. The second-order valence-electron chi connectivity index (χ2n) is 4.75. The number of benzene rings is 1. The van der Waals surface area contributed by atoms with Crippen LogP contribution in [0.1, 0.15) is 24.8 Å². The molecule has 96 valence electrons. The Morgan fingerprint density at radius 1 is 1.39 bits per heavy atom.